The second-order valence-corrected chi connectivity index (χ2v) is 10.6. The molecule has 239 valence electrons. The molecule has 0 bridgehead atoms. The lowest BCUT2D eigenvalue weighted by atomic mass is 10.2. The minimum absolute atomic E-state index is 0.0370. The van der Waals surface area contributed by atoms with E-state index < -0.39 is 23.8 Å². The summed E-state index contributed by atoms with van der Waals surface area (Å²) in [7, 11) is 1.72. The van der Waals surface area contributed by atoms with Crippen LogP contribution in [0.5, 0.6) is 0 Å². The number of aryl methyl sites for hydroxylation is 1. The van der Waals surface area contributed by atoms with Gasteiger partial charge in [-0.3, -0.25) is 4.40 Å². The van der Waals surface area contributed by atoms with Gasteiger partial charge in [0, 0.05) is 13.2 Å². The number of hydrogen-bond acceptors (Lipinski definition) is 7. The Bertz CT molecular complexity index is 2110. The predicted molar refractivity (Wildman–Crippen MR) is 168 cm³/mol. The van der Waals surface area contributed by atoms with Crippen molar-refractivity contribution in [3.63, 3.8) is 0 Å². The van der Waals surface area contributed by atoms with Gasteiger partial charge in [0.15, 0.2) is 0 Å². The maximum absolute atomic E-state index is 13.6. The molecule has 0 saturated carbocycles. The van der Waals surface area contributed by atoms with Gasteiger partial charge in [0.1, 0.15) is 29.7 Å². The fourth-order valence-electron chi connectivity index (χ4n) is 5.47. The van der Waals surface area contributed by atoms with E-state index in [4.69, 9.17) is 18.9 Å². The molecule has 0 aliphatic carbocycles. The van der Waals surface area contributed by atoms with Gasteiger partial charge in [-0.1, -0.05) is 60.7 Å². The maximum atomic E-state index is 13.6. The van der Waals surface area contributed by atoms with E-state index in [-0.39, 0.29) is 53.6 Å². The number of aromatic amines is 1. The summed E-state index contributed by atoms with van der Waals surface area (Å²) in [5.41, 5.74) is 3.35. The number of benzene rings is 2. The minimum atomic E-state index is -0.659. The molecule has 2 N–H and O–H groups in total. The van der Waals surface area contributed by atoms with Crippen molar-refractivity contribution in [3.05, 3.63) is 122 Å². The summed E-state index contributed by atoms with van der Waals surface area (Å²) in [5, 5.41) is 25.4. The summed E-state index contributed by atoms with van der Waals surface area (Å²) in [4.78, 5) is 29.7. The SMILES string of the molecule is CCOC(=O)c1[nH]c(=c2n(C)cc3c(C(=O)OCc4ccccc4)c(C)c(=C([O])OCC)n23)c(=C(O)OCc2ccccc2)c1C. The zero-order valence-electron chi connectivity index (χ0n) is 26.4. The van der Waals surface area contributed by atoms with Crippen LogP contribution < -0.4 is 10.6 Å². The fourth-order valence-corrected chi connectivity index (χ4v) is 5.47. The van der Waals surface area contributed by atoms with Gasteiger partial charge in [0.25, 0.3) is 5.95 Å². The number of nitrogens with one attached hydrogen (secondary N) is 1. The van der Waals surface area contributed by atoms with Crippen LogP contribution in [-0.2, 0) is 44.3 Å². The summed E-state index contributed by atoms with van der Waals surface area (Å²) < 4.78 is 25.4. The quantitative estimate of drug-likeness (QED) is 0.219. The lowest BCUT2D eigenvalue weighted by Gasteiger charge is -2.05. The van der Waals surface area contributed by atoms with Crippen molar-refractivity contribution in [1.82, 2.24) is 14.0 Å². The molecule has 0 amide bonds. The predicted octanol–water partition coefficient (Wildman–Crippen LogP) is 4.42. The van der Waals surface area contributed by atoms with Crippen molar-refractivity contribution >= 4 is 29.3 Å². The smallest absolute Gasteiger partial charge is 0.355 e. The molecule has 0 aliphatic rings. The first-order valence-electron chi connectivity index (χ1n) is 14.9. The Morgan fingerprint density at radius 3 is 1.98 bits per heavy atom. The van der Waals surface area contributed by atoms with Gasteiger partial charge in [0.05, 0.1) is 34.9 Å². The van der Waals surface area contributed by atoms with Gasteiger partial charge >= 0.3 is 17.9 Å². The Kier molecular flexibility index (Phi) is 9.41. The number of nitrogens with zero attached hydrogens (tertiary/aromatic N) is 2. The number of ether oxygens (including phenoxy) is 4. The lowest BCUT2D eigenvalue weighted by molar-refractivity contribution is 0.0472. The Hall–Kier alpha value is -5.58. The molecule has 1 radical (unpaired) electrons. The van der Waals surface area contributed by atoms with Crippen LogP contribution in [0.4, 0.5) is 0 Å². The molecule has 3 aromatic heterocycles. The molecule has 2 aromatic carbocycles. The average Bonchev–Trinajstić information content (AvgIpc) is 3.65. The Morgan fingerprint density at radius 2 is 1.39 bits per heavy atom. The largest absolute Gasteiger partial charge is 0.480 e. The molecule has 5 rings (SSSR count). The van der Waals surface area contributed by atoms with Crippen LogP contribution in [0.3, 0.4) is 0 Å². The lowest BCUT2D eigenvalue weighted by Crippen LogP contribution is -2.20. The highest BCUT2D eigenvalue weighted by molar-refractivity contribution is 5.99. The second kappa shape index (κ2) is 13.6. The highest BCUT2D eigenvalue weighted by Crippen LogP contribution is 2.20. The van der Waals surface area contributed by atoms with Crippen LogP contribution >= 0.6 is 0 Å². The minimum Gasteiger partial charge on any atom is -0.480 e. The van der Waals surface area contributed by atoms with E-state index in [1.807, 2.05) is 60.7 Å². The van der Waals surface area contributed by atoms with Gasteiger partial charge in [0.2, 0.25) is 0 Å². The number of H-pyrrole nitrogens is 1. The van der Waals surface area contributed by atoms with E-state index in [0.717, 1.165) is 11.1 Å². The number of esters is 2. The number of aromatic nitrogens is 3. The Balaban J connectivity index is 1.84. The summed E-state index contributed by atoms with van der Waals surface area (Å²) in [5.74, 6) is -2.36. The number of carbonyl (C=O) groups excluding carboxylic acids is 2. The van der Waals surface area contributed by atoms with Crippen LogP contribution in [-0.4, -0.2) is 44.2 Å². The van der Waals surface area contributed by atoms with Crippen LogP contribution in [0.25, 0.3) is 17.4 Å². The monoisotopic (exact) mass is 626 g/mol. The van der Waals surface area contributed by atoms with Gasteiger partial charge < -0.3 is 33.6 Å². The van der Waals surface area contributed by atoms with Crippen molar-refractivity contribution < 1.29 is 38.7 Å². The average molecular weight is 627 g/mol. The summed E-state index contributed by atoms with van der Waals surface area (Å²) in [6, 6.07) is 18.6. The molecule has 0 saturated heterocycles. The fraction of sp³-hybridized carbons (Fsp3) is 0.257. The van der Waals surface area contributed by atoms with Crippen LogP contribution in [0.1, 0.15) is 56.9 Å². The third kappa shape index (κ3) is 6.03. The van der Waals surface area contributed by atoms with Gasteiger partial charge in [-0.2, -0.15) is 0 Å². The maximum Gasteiger partial charge on any atom is 0.355 e. The molecular weight excluding hydrogens is 590 g/mol. The number of carbonyl (C=O) groups is 2. The van der Waals surface area contributed by atoms with Crippen molar-refractivity contribution in [2.24, 2.45) is 7.05 Å². The van der Waals surface area contributed by atoms with E-state index in [2.05, 4.69) is 4.98 Å². The standard InChI is InChI=1S/C35H36N3O8/c1-6-43-34(41)28-21(3)27(33(40)46-20-24-16-12-9-13-17-24)29(36-28)31-37(5)18-25-26(22(4)30(38(25)31)35(42)44-7-2)32(39)45-19-23-14-10-8-11-15-23/h8-18,36,40H,6-7,19-20H2,1-5H3. The molecular formula is C35H36N3O8. The first kappa shape index (κ1) is 31.8. The third-order valence-electron chi connectivity index (χ3n) is 7.58. The molecule has 46 heavy (non-hydrogen) atoms. The van der Waals surface area contributed by atoms with Crippen molar-refractivity contribution in [2.45, 2.75) is 40.9 Å². The second-order valence-electron chi connectivity index (χ2n) is 10.6. The van der Waals surface area contributed by atoms with E-state index in [1.54, 1.807) is 49.9 Å². The number of hydrogen-bond donors (Lipinski definition) is 2. The number of rotatable bonds is 10. The Morgan fingerprint density at radius 1 is 0.804 bits per heavy atom. The summed E-state index contributed by atoms with van der Waals surface area (Å²) in [6.45, 7) is 7.02. The number of aliphatic hydroxyl groups excluding tert-OH is 1. The molecule has 0 unspecified atom stereocenters. The molecule has 11 heteroatoms. The van der Waals surface area contributed by atoms with E-state index in [9.17, 15) is 19.8 Å². The number of imidazole rings is 1. The van der Waals surface area contributed by atoms with Crippen molar-refractivity contribution in [3.8, 4) is 0 Å². The van der Waals surface area contributed by atoms with Crippen LogP contribution in [0, 0.1) is 24.7 Å². The Labute approximate surface area is 264 Å². The summed E-state index contributed by atoms with van der Waals surface area (Å²) in [6.07, 6.45) is 1.68. The first-order chi connectivity index (χ1) is 22.2. The number of fused-ring (bicyclic) bond motifs is 1. The van der Waals surface area contributed by atoms with Gasteiger partial charge in [-0.25, -0.2) is 14.7 Å². The third-order valence-corrected chi connectivity index (χ3v) is 7.58. The normalized spacial score (nSPS) is 13.3. The van der Waals surface area contributed by atoms with E-state index >= 15 is 0 Å². The van der Waals surface area contributed by atoms with Crippen molar-refractivity contribution in [2.75, 3.05) is 13.2 Å². The number of aliphatic hydroxyl groups is 1. The molecule has 0 fully saturated rings. The summed E-state index contributed by atoms with van der Waals surface area (Å²) >= 11 is 0. The molecule has 5 aromatic rings. The molecule has 11 nitrogen and oxygen atoms in total. The highest BCUT2D eigenvalue weighted by atomic mass is 16.6. The van der Waals surface area contributed by atoms with E-state index in [0.29, 0.717) is 22.1 Å². The topological polar surface area (TPSA) is 136 Å². The highest BCUT2D eigenvalue weighted by Gasteiger charge is 2.26. The van der Waals surface area contributed by atoms with Gasteiger partial charge in [-0.15, -0.1) is 0 Å². The zero-order chi connectivity index (χ0) is 33.0. The molecule has 0 spiro atoms. The molecule has 0 atom stereocenters. The first-order valence-corrected chi connectivity index (χ1v) is 14.9. The molecule has 3 heterocycles. The van der Waals surface area contributed by atoms with Gasteiger partial charge in [-0.05, 0) is 49.9 Å². The molecule has 0 aliphatic heterocycles. The van der Waals surface area contributed by atoms with Crippen LogP contribution in [0.2, 0.25) is 0 Å². The zero-order valence-corrected chi connectivity index (χ0v) is 26.4. The van der Waals surface area contributed by atoms with Crippen LogP contribution in [0.15, 0.2) is 66.9 Å². The van der Waals surface area contributed by atoms with E-state index in [1.165, 1.54) is 0 Å². The van der Waals surface area contributed by atoms with Crippen molar-refractivity contribution in [1.29, 1.82) is 0 Å².